The van der Waals surface area contributed by atoms with Crippen LogP contribution in [0.25, 0.3) is 0 Å². The Morgan fingerprint density at radius 2 is 2.00 bits per heavy atom. The predicted molar refractivity (Wildman–Crippen MR) is 58.6 cm³/mol. The summed E-state index contributed by atoms with van der Waals surface area (Å²) in [5, 5.41) is 0.810. The van der Waals surface area contributed by atoms with Crippen LogP contribution in [0.5, 0.6) is 0 Å². The van der Waals surface area contributed by atoms with Crippen molar-refractivity contribution in [3.8, 4) is 0 Å². The smallest absolute Gasteiger partial charge is 0.249 e. The standard InChI is InChI=1S/C9H14N2O5S/c1-5-8(13)10-7(12)4-11(5)9(14)6(2)17(3,15)16/h5-6H,4H2,1-3H3,(H,10,12,13). The first-order valence-corrected chi connectivity index (χ1v) is 6.93. The van der Waals surface area contributed by atoms with E-state index in [4.69, 9.17) is 0 Å². The first kappa shape index (κ1) is 13.6. The number of hydrogen-bond donors (Lipinski definition) is 1. The van der Waals surface area contributed by atoms with Gasteiger partial charge in [-0.05, 0) is 13.8 Å². The van der Waals surface area contributed by atoms with E-state index in [1.165, 1.54) is 13.8 Å². The average Bonchev–Trinajstić information content (AvgIpc) is 2.20. The number of rotatable bonds is 2. The number of carbonyl (C=O) groups is 3. The largest absolute Gasteiger partial charge is 0.321 e. The molecule has 0 aromatic carbocycles. The van der Waals surface area contributed by atoms with Gasteiger partial charge in [0.25, 0.3) is 0 Å². The molecule has 17 heavy (non-hydrogen) atoms. The predicted octanol–water partition coefficient (Wildman–Crippen LogP) is -1.71. The fourth-order valence-corrected chi connectivity index (χ4v) is 1.90. The third-order valence-corrected chi connectivity index (χ3v) is 4.18. The molecule has 1 fully saturated rings. The Hall–Kier alpha value is -1.44. The fourth-order valence-electron chi connectivity index (χ4n) is 1.40. The molecule has 0 radical (unpaired) electrons. The van der Waals surface area contributed by atoms with Crippen molar-refractivity contribution < 1.29 is 22.8 Å². The van der Waals surface area contributed by atoms with Gasteiger partial charge in [0.15, 0.2) is 9.84 Å². The van der Waals surface area contributed by atoms with Gasteiger partial charge < -0.3 is 4.90 Å². The number of carbonyl (C=O) groups excluding carboxylic acids is 3. The van der Waals surface area contributed by atoms with E-state index in [1.54, 1.807) is 0 Å². The van der Waals surface area contributed by atoms with E-state index in [0.29, 0.717) is 0 Å². The highest BCUT2D eigenvalue weighted by molar-refractivity contribution is 7.92. The maximum absolute atomic E-state index is 11.9. The molecule has 1 aliphatic rings. The van der Waals surface area contributed by atoms with Crippen LogP contribution in [0.1, 0.15) is 13.8 Å². The second kappa shape index (κ2) is 4.44. The summed E-state index contributed by atoms with van der Waals surface area (Å²) < 4.78 is 22.5. The van der Waals surface area contributed by atoms with Gasteiger partial charge in [0, 0.05) is 6.26 Å². The van der Waals surface area contributed by atoms with Crippen molar-refractivity contribution in [2.75, 3.05) is 12.8 Å². The first-order chi connectivity index (χ1) is 7.64. The van der Waals surface area contributed by atoms with Gasteiger partial charge in [-0.2, -0.15) is 0 Å². The highest BCUT2D eigenvalue weighted by Crippen LogP contribution is 2.10. The van der Waals surface area contributed by atoms with Crippen LogP contribution < -0.4 is 5.32 Å². The molecule has 3 amide bonds. The van der Waals surface area contributed by atoms with Crippen LogP contribution in [-0.2, 0) is 24.2 Å². The molecule has 0 bridgehead atoms. The summed E-state index contributed by atoms with van der Waals surface area (Å²) in [5.74, 6) is -1.94. The molecule has 8 heteroatoms. The second-order valence-corrected chi connectivity index (χ2v) is 6.39. The molecule has 0 saturated carbocycles. The minimum Gasteiger partial charge on any atom is -0.321 e. The highest BCUT2D eigenvalue weighted by atomic mass is 32.2. The van der Waals surface area contributed by atoms with Crippen LogP contribution in [0.2, 0.25) is 0 Å². The molecule has 1 N–H and O–H groups in total. The lowest BCUT2D eigenvalue weighted by molar-refractivity contribution is -0.149. The highest BCUT2D eigenvalue weighted by Gasteiger charge is 2.37. The van der Waals surface area contributed by atoms with Crippen LogP contribution in [0, 0.1) is 0 Å². The van der Waals surface area contributed by atoms with E-state index in [1.807, 2.05) is 0 Å². The van der Waals surface area contributed by atoms with Crippen molar-refractivity contribution in [3.63, 3.8) is 0 Å². The first-order valence-electron chi connectivity index (χ1n) is 4.97. The molecule has 0 aliphatic carbocycles. The number of piperazine rings is 1. The van der Waals surface area contributed by atoms with E-state index in [9.17, 15) is 22.8 Å². The molecule has 2 atom stereocenters. The van der Waals surface area contributed by atoms with Crippen LogP contribution in [0.3, 0.4) is 0 Å². The molecule has 1 saturated heterocycles. The Kier molecular flexibility index (Phi) is 3.56. The van der Waals surface area contributed by atoms with Crippen molar-refractivity contribution >= 4 is 27.6 Å². The van der Waals surface area contributed by atoms with Crippen LogP contribution in [0.4, 0.5) is 0 Å². The summed E-state index contributed by atoms with van der Waals surface area (Å²) in [7, 11) is -3.54. The molecule has 1 rings (SSSR count). The lowest BCUT2D eigenvalue weighted by Gasteiger charge is -2.33. The van der Waals surface area contributed by atoms with E-state index >= 15 is 0 Å². The maximum atomic E-state index is 11.9. The lowest BCUT2D eigenvalue weighted by atomic mass is 10.2. The third-order valence-electron chi connectivity index (χ3n) is 2.70. The molecule has 0 aromatic heterocycles. The Balaban J connectivity index is 2.95. The van der Waals surface area contributed by atoms with Crippen molar-refractivity contribution in [2.45, 2.75) is 25.1 Å². The number of sulfone groups is 1. The Labute approximate surface area is 99.1 Å². The van der Waals surface area contributed by atoms with Crippen LogP contribution in [0.15, 0.2) is 0 Å². The van der Waals surface area contributed by atoms with Gasteiger partial charge >= 0.3 is 0 Å². The fraction of sp³-hybridized carbons (Fsp3) is 0.667. The Bertz CT molecular complexity index is 470. The number of imide groups is 1. The normalized spacial score (nSPS) is 23.2. The summed E-state index contributed by atoms with van der Waals surface area (Å²) >= 11 is 0. The minimum absolute atomic E-state index is 0.300. The van der Waals surface area contributed by atoms with Crippen molar-refractivity contribution in [2.24, 2.45) is 0 Å². The topological polar surface area (TPSA) is 101 Å². The van der Waals surface area contributed by atoms with E-state index in [-0.39, 0.29) is 6.54 Å². The monoisotopic (exact) mass is 262 g/mol. The number of nitrogens with one attached hydrogen (secondary N) is 1. The zero-order valence-corrected chi connectivity index (χ0v) is 10.6. The molecule has 0 aromatic rings. The summed E-state index contributed by atoms with van der Waals surface area (Å²) in [4.78, 5) is 35.3. The summed E-state index contributed by atoms with van der Waals surface area (Å²) in [5.41, 5.74) is 0. The average molecular weight is 262 g/mol. The quantitative estimate of drug-likeness (QED) is 0.597. The molecule has 96 valence electrons. The molecule has 2 unspecified atom stereocenters. The maximum Gasteiger partial charge on any atom is 0.249 e. The zero-order valence-electron chi connectivity index (χ0n) is 9.76. The van der Waals surface area contributed by atoms with Crippen LogP contribution in [-0.4, -0.2) is 55.1 Å². The second-order valence-electron chi connectivity index (χ2n) is 4.03. The third kappa shape index (κ3) is 2.82. The zero-order chi connectivity index (χ0) is 13.4. The van der Waals surface area contributed by atoms with E-state index < -0.39 is 38.9 Å². The minimum atomic E-state index is -3.54. The SMILES string of the molecule is CC1C(=O)NC(=O)CN1C(=O)C(C)S(C)(=O)=O. The van der Waals surface area contributed by atoms with Gasteiger partial charge in [-0.1, -0.05) is 0 Å². The number of nitrogens with zero attached hydrogens (tertiary/aromatic N) is 1. The van der Waals surface area contributed by atoms with Gasteiger partial charge in [-0.25, -0.2) is 8.42 Å². The molecule has 1 aliphatic heterocycles. The summed E-state index contributed by atoms with van der Waals surface area (Å²) in [6.45, 7) is 2.38. The van der Waals surface area contributed by atoms with Crippen molar-refractivity contribution in [1.29, 1.82) is 0 Å². The van der Waals surface area contributed by atoms with E-state index in [2.05, 4.69) is 5.32 Å². The van der Waals surface area contributed by atoms with Crippen molar-refractivity contribution in [1.82, 2.24) is 10.2 Å². The Morgan fingerprint density at radius 3 is 2.47 bits per heavy atom. The van der Waals surface area contributed by atoms with Crippen molar-refractivity contribution in [3.05, 3.63) is 0 Å². The number of hydrogen-bond acceptors (Lipinski definition) is 5. The molecule has 7 nitrogen and oxygen atoms in total. The molecule has 0 spiro atoms. The lowest BCUT2D eigenvalue weighted by Crippen LogP contribution is -2.60. The van der Waals surface area contributed by atoms with Gasteiger partial charge in [-0.3, -0.25) is 19.7 Å². The van der Waals surface area contributed by atoms with Crippen LogP contribution >= 0.6 is 0 Å². The summed E-state index contributed by atoms with van der Waals surface area (Å²) in [6.07, 6.45) is 0.937. The number of amides is 3. The van der Waals surface area contributed by atoms with E-state index in [0.717, 1.165) is 11.2 Å². The van der Waals surface area contributed by atoms with Gasteiger partial charge in [0.1, 0.15) is 17.8 Å². The van der Waals surface area contributed by atoms with Gasteiger partial charge in [0.05, 0.1) is 0 Å². The van der Waals surface area contributed by atoms with Gasteiger partial charge in [-0.15, -0.1) is 0 Å². The molecule has 1 heterocycles. The van der Waals surface area contributed by atoms with Gasteiger partial charge in [0.2, 0.25) is 17.7 Å². The Morgan fingerprint density at radius 1 is 1.47 bits per heavy atom. The summed E-state index contributed by atoms with van der Waals surface area (Å²) in [6, 6.07) is -0.843. The molecular formula is C9H14N2O5S. The molecular weight excluding hydrogens is 248 g/mol.